The Labute approximate surface area is 158 Å². The Morgan fingerprint density at radius 2 is 0.667 bits per heavy atom. The van der Waals surface area contributed by atoms with Gasteiger partial charge in [0.2, 0.25) is 0 Å². The lowest BCUT2D eigenvalue weighted by atomic mass is 9.85. The molecule has 0 fully saturated rings. The minimum atomic E-state index is 1.17. The predicted molar refractivity (Wildman–Crippen MR) is 113 cm³/mol. The minimum Gasteiger partial charge on any atom is -0.355 e. The van der Waals surface area contributed by atoms with Crippen LogP contribution in [0.1, 0.15) is 22.3 Å². The molecule has 0 aromatic heterocycles. The van der Waals surface area contributed by atoms with E-state index in [2.05, 4.69) is 102 Å². The van der Waals surface area contributed by atoms with E-state index in [1.807, 2.05) is 0 Å². The third kappa shape index (κ3) is 2.00. The van der Waals surface area contributed by atoms with Gasteiger partial charge in [0, 0.05) is 28.1 Å². The van der Waals surface area contributed by atoms with E-state index in [9.17, 15) is 0 Å². The molecule has 4 aromatic carbocycles. The molecule has 0 bridgehead atoms. The molecule has 1 aliphatic heterocycles. The standard InChI is InChI=1S/C26H17N/c1-3-11-19-17(9-1)18-10-2-4-12-20(18)25(19)26-21-13-5-7-15-23(21)27-24-16-8-6-14-22(24)26/h1-16,27H. The monoisotopic (exact) mass is 343 g/mol. The fourth-order valence-electron chi connectivity index (χ4n) is 4.47. The fraction of sp³-hybridized carbons (Fsp3) is 0. The molecule has 1 nitrogen and oxygen atoms in total. The average Bonchev–Trinajstić information content (AvgIpc) is 3.06. The molecular weight excluding hydrogens is 326 g/mol. The van der Waals surface area contributed by atoms with Crippen molar-refractivity contribution in [1.29, 1.82) is 0 Å². The lowest BCUT2D eigenvalue weighted by Crippen LogP contribution is -2.07. The molecule has 0 spiro atoms. The van der Waals surface area contributed by atoms with Crippen LogP contribution in [0.3, 0.4) is 0 Å². The van der Waals surface area contributed by atoms with Crippen LogP contribution in [0.2, 0.25) is 0 Å². The Morgan fingerprint density at radius 1 is 0.333 bits per heavy atom. The number of nitrogens with one attached hydrogen (secondary N) is 1. The van der Waals surface area contributed by atoms with Crippen LogP contribution in [-0.4, -0.2) is 0 Å². The molecule has 0 saturated heterocycles. The Hall–Kier alpha value is -3.58. The van der Waals surface area contributed by atoms with Crippen LogP contribution in [0, 0.1) is 0 Å². The first-order valence-electron chi connectivity index (χ1n) is 9.31. The van der Waals surface area contributed by atoms with E-state index in [4.69, 9.17) is 0 Å². The number of anilines is 2. The summed E-state index contributed by atoms with van der Waals surface area (Å²) in [4.78, 5) is 0. The second-order valence-electron chi connectivity index (χ2n) is 7.06. The summed E-state index contributed by atoms with van der Waals surface area (Å²) >= 11 is 0. The van der Waals surface area contributed by atoms with Gasteiger partial charge in [-0.25, -0.2) is 0 Å². The van der Waals surface area contributed by atoms with Gasteiger partial charge in [0.25, 0.3) is 0 Å². The molecule has 1 aliphatic carbocycles. The minimum absolute atomic E-state index is 1.17. The van der Waals surface area contributed by atoms with Gasteiger partial charge in [-0.3, -0.25) is 0 Å². The SMILES string of the molecule is c1ccc2c(c1)Nc1ccccc1C2=C1c2ccccc2-c2ccccc21. The van der Waals surface area contributed by atoms with E-state index in [-0.39, 0.29) is 0 Å². The molecule has 2 aliphatic rings. The van der Waals surface area contributed by atoms with Crippen molar-refractivity contribution < 1.29 is 0 Å². The van der Waals surface area contributed by atoms with Gasteiger partial charge < -0.3 is 5.32 Å². The summed E-state index contributed by atoms with van der Waals surface area (Å²) in [6, 6.07) is 34.8. The molecule has 4 aromatic rings. The van der Waals surface area contributed by atoms with Gasteiger partial charge in [0.15, 0.2) is 0 Å². The van der Waals surface area contributed by atoms with Gasteiger partial charge in [0.05, 0.1) is 0 Å². The molecular formula is C26H17N. The lowest BCUT2D eigenvalue weighted by molar-refractivity contribution is 1.43. The Morgan fingerprint density at radius 3 is 1.15 bits per heavy atom. The van der Waals surface area contributed by atoms with Gasteiger partial charge in [0.1, 0.15) is 0 Å². The van der Waals surface area contributed by atoms with Gasteiger partial charge in [-0.15, -0.1) is 0 Å². The van der Waals surface area contributed by atoms with Crippen LogP contribution in [0.5, 0.6) is 0 Å². The lowest BCUT2D eigenvalue weighted by Gasteiger charge is -2.26. The van der Waals surface area contributed by atoms with E-state index in [1.54, 1.807) is 0 Å². The quantitative estimate of drug-likeness (QED) is 0.322. The van der Waals surface area contributed by atoms with Crippen LogP contribution >= 0.6 is 0 Å². The van der Waals surface area contributed by atoms with Crippen molar-refractivity contribution in [3.05, 3.63) is 119 Å². The van der Waals surface area contributed by atoms with Gasteiger partial charge in [-0.1, -0.05) is 84.9 Å². The summed E-state index contributed by atoms with van der Waals surface area (Å²) in [5.74, 6) is 0. The van der Waals surface area contributed by atoms with Crippen LogP contribution in [0.4, 0.5) is 11.4 Å². The van der Waals surface area contributed by atoms with Crippen molar-refractivity contribution in [1.82, 2.24) is 0 Å². The van der Waals surface area contributed by atoms with Crippen molar-refractivity contribution in [2.45, 2.75) is 0 Å². The highest BCUT2D eigenvalue weighted by molar-refractivity contribution is 6.17. The van der Waals surface area contributed by atoms with Gasteiger partial charge >= 0.3 is 0 Å². The number of hydrogen-bond donors (Lipinski definition) is 1. The molecule has 0 saturated carbocycles. The normalized spacial score (nSPS) is 13.3. The van der Waals surface area contributed by atoms with Crippen molar-refractivity contribution in [3.63, 3.8) is 0 Å². The van der Waals surface area contributed by atoms with E-state index in [0.29, 0.717) is 0 Å². The number of hydrogen-bond acceptors (Lipinski definition) is 1. The third-order valence-electron chi connectivity index (χ3n) is 5.60. The Balaban J connectivity index is 1.81. The van der Waals surface area contributed by atoms with E-state index < -0.39 is 0 Å². The summed E-state index contributed by atoms with van der Waals surface area (Å²) in [7, 11) is 0. The maximum atomic E-state index is 3.61. The van der Waals surface area contributed by atoms with Crippen LogP contribution < -0.4 is 5.32 Å². The van der Waals surface area contributed by atoms with Crippen LogP contribution in [0.15, 0.2) is 97.1 Å². The Bertz CT molecular complexity index is 1150. The molecule has 0 amide bonds. The molecule has 126 valence electrons. The van der Waals surface area contributed by atoms with E-state index >= 15 is 0 Å². The zero-order chi connectivity index (χ0) is 17.8. The first kappa shape index (κ1) is 14.6. The summed E-state index contributed by atoms with van der Waals surface area (Å²) in [6.07, 6.45) is 0. The summed E-state index contributed by atoms with van der Waals surface area (Å²) < 4.78 is 0. The molecule has 6 rings (SSSR count). The highest BCUT2D eigenvalue weighted by Gasteiger charge is 2.30. The average molecular weight is 343 g/mol. The smallest absolute Gasteiger partial charge is 0.0464 e. The predicted octanol–water partition coefficient (Wildman–Crippen LogP) is 6.73. The van der Waals surface area contributed by atoms with Gasteiger partial charge in [-0.2, -0.15) is 0 Å². The largest absolute Gasteiger partial charge is 0.355 e. The number of fused-ring (bicyclic) bond motifs is 5. The summed E-state index contributed by atoms with van der Waals surface area (Å²) in [6.45, 7) is 0. The second-order valence-corrected chi connectivity index (χ2v) is 7.06. The number of rotatable bonds is 0. The van der Waals surface area contributed by atoms with Crippen molar-refractivity contribution in [2.24, 2.45) is 0 Å². The topological polar surface area (TPSA) is 12.0 Å². The van der Waals surface area contributed by atoms with Crippen molar-refractivity contribution >= 4 is 22.5 Å². The molecule has 1 N–H and O–H groups in total. The highest BCUT2D eigenvalue weighted by atomic mass is 14.9. The first-order chi connectivity index (χ1) is 13.4. The van der Waals surface area contributed by atoms with Crippen LogP contribution in [-0.2, 0) is 0 Å². The summed E-state index contributed by atoms with van der Waals surface area (Å²) in [5.41, 5.74) is 12.8. The van der Waals surface area contributed by atoms with Crippen molar-refractivity contribution in [3.8, 4) is 11.1 Å². The maximum absolute atomic E-state index is 3.61. The van der Waals surface area contributed by atoms with E-state index in [1.165, 1.54) is 55.9 Å². The number of benzene rings is 4. The first-order valence-corrected chi connectivity index (χ1v) is 9.31. The molecule has 1 heteroatoms. The molecule has 27 heavy (non-hydrogen) atoms. The maximum Gasteiger partial charge on any atom is 0.0464 e. The highest BCUT2D eigenvalue weighted by Crippen LogP contribution is 2.52. The Kier molecular flexibility index (Phi) is 2.95. The molecule has 0 unspecified atom stereocenters. The number of para-hydroxylation sites is 2. The van der Waals surface area contributed by atoms with Gasteiger partial charge in [-0.05, 0) is 40.0 Å². The second kappa shape index (κ2) is 5.46. The van der Waals surface area contributed by atoms with Crippen LogP contribution in [0.25, 0.3) is 22.3 Å². The summed E-state index contributed by atoms with van der Waals surface area (Å²) in [5, 5.41) is 3.61. The van der Waals surface area contributed by atoms with Crippen molar-refractivity contribution in [2.75, 3.05) is 5.32 Å². The zero-order valence-corrected chi connectivity index (χ0v) is 14.7. The molecule has 1 heterocycles. The molecule has 0 radical (unpaired) electrons. The fourth-order valence-corrected chi connectivity index (χ4v) is 4.47. The van der Waals surface area contributed by atoms with E-state index in [0.717, 1.165) is 0 Å². The third-order valence-corrected chi connectivity index (χ3v) is 5.60. The molecule has 0 atom stereocenters. The zero-order valence-electron chi connectivity index (χ0n) is 14.7.